The molecular weight excluding hydrogens is 414 g/mol. The Labute approximate surface area is 208 Å². The van der Waals surface area contributed by atoms with Crippen molar-refractivity contribution in [2.75, 3.05) is 0 Å². The number of rotatable bonds is 14. The highest BCUT2D eigenvalue weighted by molar-refractivity contribution is 5.61. The van der Waals surface area contributed by atoms with E-state index >= 15 is 0 Å². The van der Waals surface area contributed by atoms with Gasteiger partial charge in [0.05, 0.1) is 11.5 Å². The van der Waals surface area contributed by atoms with Crippen LogP contribution in [0.15, 0.2) is 36.7 Å². The van der Waals surface area contributed by atoms with Crippen LogP contribution in [0.3, 0.4) is 0 Å². The number of aryl methyl sites for hydroxylation is 1. The Morgan fingerprint density at radius 3 is 1.97 bits per heavy atom. The van der Waals surface area contributed by atoms with Crippen molar-refractivity contribution in [1.82, 2.24) is 9.97 Å². The van der Waals surface area contributed by atoms with Gasteiger partial charge in [-0.3, -0.25) is 0 Å². The first-order valence-corrected chi connectivity index (χ1v) is 14.0. The number of nitrogens with zero attached hydrogens (tertiary/aromatic N) is 3. The summed E-state index contributed by atoms with van der Waals surface area (Å²) in [4.78, 5) is 9.51. The van der Waals surface area contributed by atoms with E-state index in [4.69, 9.17) is 9.97 Å². The van der Waals surface area contributed by atoms with Crippen molar-refractivity contribution in [2.24, 2.45) is 5.41 Å². The lowest BCUT2D eigenvalue weighted by Crippen LogP contribution is -2.26. The Bertz CT molecular complexity index is 855. The quantitative estimate of drug-likeness (QED) is 0.264. The summed E-state index contributed by atoms with van der Waals surface area (Å²) in [5.41, 5.74) is 3.59. The molecule has 0 spiro atoms. The van der Waals surface area contributed by atoms with E-state index in [1.165, 1.54) is 81.8 Å². The minimum Gasteiger partial charge on any atom is -0.240 e. The lowest BCUT2D eigenvalue weighted by Gasteiger charge is -2.34. The summed E-state index contributed by atoms with van der Waals surface area (Å²) >= 11 is 0. The zero-order valence-electron chi connectivity index (χ0n) is 21.7. The van der Waals surface area contributed by atoms with Crippen LogP contribution in [0.1, 0.15) is 127 Å². The molecule has 0 bridgehead atoms. The summed E-state index contributed by atoms with van der Waals surface area (Å²) in [5, 5.41) is 9.88. The molecule has 184 valence electrons. The van der Waals surface area contributed by atoms with E-state index in [0.29, 0.717) is 5.92 Å². The van der Waals surface area contributed by atoms with E-state index in [9.17, 15) is 5.26 Å². The fourth-order valence-electron chi connectivity index (χ4n) is 5.41. The second kappa shape index (κ2) is 14.2. The SMILES string of the molecule is CCCCCCCc1ccc(-c2cnc(C3CCC(C#N)(CCCCCCC)CC3)nc2)cc1. The van der Waals surface area contributed by atoms with Crippen LogP contribution >= 0.6 is 0 Å². The van der Waals surface area contributed by atoms with Gasteiger partial charge < -0.3 is 0 Å². The van der Waals surface area contributed by atoms with E-state index in [2.05, 4.69) is 44.2 Å². The third kappa shape index (κ3) is 7.93. The number of unbranched alkanes of at least 4 members (excludes halogenated alkanes) is 8. The van der Waals surface area contributed by atoms with Gasteiger partial charge in [-0.2, -0.15) is 5.26 Å². The van der Waals surface area contributed by atoms with Crippen molar-refractivity contribution < 1.29 is 0 Å². The van der Waals surface area contributed by atoms with Gasteiger partial charge in [-0.25, -0.2) is 9.97 Å². The van der Waals surface area contributed by atoms with Gasteiger partial charge in [-0.15, -0.1) is 0 Å². The first-order valence-electron chi connectivity index (χ1n) is 14.0. The Kier molecular flexibility index (Phi) is 11.1. The number of aromatic nitrogens is 2. The topological polar surface area (TPSA) is 49.6 Å². The number of benzene rings is 1. The van der Waals surface area contributed by atoms with Crippen molar-refractivity contribution in [1.29, 1.82) is 5.26 Å². The normalized spacial score (nSPS) is 20.2. The molecule has 1 saturated carbocycles. The largest absolute Gasteiger partial charge is 0.240 e. The second-order valence-corrected chi connectivity index (χ2v) is 10.5. The highest BCUT2D eigenvalue weighted by Crippen LogP contribution is 2.45. The molecule has 0 aliphatic heterocycles. The lowest BCUT2D eigenvalue weighted by molar-refractivity contribution is 0.219. The molecule has 3 nitrogen and oxygen atoms in total. The molecule has 0 amide bonds. The van der Waals surface area contributed by atoms with Crippen molar-refractivity contribution in [3.63, 3.8) is 0 Å². The smallest absolute Gasteiger partial charge is 0.131 e. The van der Waals surface area contributed by atoms with E-state index < -0.39 is 0 Å². The van der Waals surface area contributed by atoms with Crippen LogP contribution in [0, 0.1) is 16.7 Å². The minimum atomic E-state index is -0.111. The van der Waals surface area contributed by atoms with Gasteiger partial charge in [0, 0.05) is 23.9 Å². The summed E-state index contributed by atoms with van der Waals surface area (Å²) in [6.45, 7) is 4.51. The molecule has 3 rings (SSSR count). The predicted molar refractivity (Wildman–Crippen MR) is 143 cm³/mol. The molecule has 2 aromatic rings. The van der Waals surface area contributed by atoms with Gasteiger partial charge in [0.1, 0.15) is 5.82 Å². The van der Waals surface area contributed by atoms with Crippen LogP contribution in [0.25, 0.3) is 11.1 Å². The van der Waals surface area contributed by atoms with Crippen LogP contribution in [0.2, 0.25) is 0 Å². The molecule has 3 heteroatoms. The van der Waals surface area contributed by atoms with Crippen molar-refractivity contribution in [3.8, 4) is 17.2 Å². The van der Waals surface area contributed by atoms with E-state index in [1.54, 1.807) is 0 Å². The molecule has 1 aromatic carbocycles. The fourth-order valence-corrected chi connectivity index (χ4v) is 5.41. The minimum absolute atomic E-state index is 0.111. The maximum Gasteiger partial charge on any atom is 0.131 e. The Balaban J connectivity index is 1.48. The van der Waals surface area contributed by atoms with Crippen molar-refractivity contribution >= 4 is 0 Å². The van der Waals surface area contributed by atoms with Crippen LogP contribution < -0.4 is 0 Å². The zero-order chi connectivity index (χ0) is 24.1. The highest BCUT2D eigenvalue weighted by atomic mass is 14.9. The van der Waals surface area contributed by atoms with Gasteiger partial charge in [-0.1, -0.05) is 95.9 Å². The van der Waals surface area contributed by atoms with Crippen LogP contribution in [-0.4, -0.2) is 9.97 Å². The lowest BCUT2D eigenvalue weighted by atomic mass is 9.68. The average Bonchev–Trinajstić information content (AvgIpc) is 2.89. The number of hydrogen-bond donors (Lipinski definition) is 0. The maximum absolute atomic E-state index is 9.88. The second-order valence-electron chi connectivity index (χ2n) is 10.5. The molecular formula is C31H45N3. The summed E-state index contributed by atoms with van der Waals surface area (Å²) in [7, 11) is 0. The van der Waals surface area contributed by atoms with Crippen LogP contribution in [-0.2, 0) is 6.42 Å². The predicted octanol–water partition coefficient (Wildman–Crippen LogP) is 9.18. The highest BCUT2D eigenvalue weighted by Gasteiger charge is 2.36. The molecule has 1 fully saturated rings. The van der Waals surface area contributed by atoms with E-state index in [1.807, 2.05) is 12.4 Å². The molecule has 0 unspecified atom stereocenters. The Morgan fingerprint density at radius 1 is 0.794 bits per heavy atom. The Morgan fingerprint density at radius 2 is 1.38 bits per heavy atom. The molecule has 0 radical (unpaired) electrons. The van der Waals surface area contributed by atoms with Crippen molar-refractivity contribution in [3.05, 3.63) is 48.0 Å². The summed E-state index contributed by atoms with van der Waals surface area (Å²) in [6, 6.07) is 11.6. The third-order valence-corrected chi connectivity index (χ3v) is 7.83. The molecule has 34 heavy (non-hydrogen) atoms. The summed E-state index contributed by atoms with van der Waals surface area (Å²) in [6.07, 6.45) is 23.3. The van der Waals surface area contributed by atoms with E-state index in [0.717, 1.165) is 43.5 Å². The van der Waals surface area contributed by atoms with E-state index in [-0.39, 0.29) is 5.41 Å². The van der Waals surface area contributed by atoms with Crippen molar-refractivity contribution in [2.45, 2.75) is 122 Å². The first-order chi connectivity index (χ1) is 16.7. The van der Waals surface area contributed by atoms with Crippen LogP contribution in [0.4, 0.5) is 0 Å². The van der Waals surface area contributed by atoms with Crippen LogP contribution in [0.5, 0.6) is 0 Å². The maximum atomic E-state index is 9.88. The van der Waals surface area contributed by atoms with Gasteiger partial charge in [-0.05, 0) is 56.1 Å². The summed E-state index contributed by atoms with van der Waals surface area (Å²) in [5.74, 6) is 1.35. The number of nitriles is 1. The zero-order valence-corrected chi connectivity index (χ0v) is 21.7. The average molecular weight is 460 g/mol. The molecule has 1 aliphatic rings. The third-order valence-electron chi connectivity index (χ3n) is 7.83. The molecule has 0 N–H and O–H groups in total. The molecule has 0 atom stereocenters. The van der Waals surface area contributed by atoms with Gasteiger partial charge in [0.25, 0.3) is 0 Å². The molecule has 0 saturated heterocycles. The molecule has 1 heterocycles. The molecule has 1 aliphatic carbocycles. The number of hydrogen-bond acceptors (Lipinski definition) is 3. The van der Waals surface area contributed by atoms with Gasteiger partial charge >= 0.3 is 0 Å². The standard InChI is InChI=1S/C31H45N3/c1-3-5-7-9-11-13-26-14-16-27(17-15-26)29-23-33-30(34-24-29)28-18-21-31(25-32,22-19-28)20-12-10-8-6-4-2/h14-17,23-24,28H,3-13,18-22H2,1-2H3. The van der Waals surface area contributed by atoms with Gasteiger partial charge in [0.2, 0.25) is 0 Å². The monoisotopic (exact) mass is 459 g/mol. The van der Waals surface area contributed by atoms with Gasteiger partial charge in [0.15, 0.2) is 0 Å². The summed E-state index contributed by atoms with van der Waals surface area (Å²) < 4.78 is 0. The first kappa shape index (κ1) is 26.4. The Hall–Kier alpha value is -2.21. The fraction of sp³-hybridized carbons (Fsp3) is 0.645. The molecule has 1 aromatic heterocycles.